The maximum absolute atomic E-state index is 2.43. The maximum atomic E-state index is 2.43. The molecule has 0 aliphatic heterocycles. The lowest BCUT2D eigenvalue weighted by Gasteiger charge is -2.29. The van der Waals surface area contributed by atoms with Gasteiger partial charge in [0.2, 0.25) is 0 Å². The Morgan fingerprint density at radius 3 is 1.68 bits per heavy atom. The second-order valence-electron chi connectivity index (χ2n) is 13.7. The Labute approximate surface area is 309 Å². The highest BCUT2D eigenvalue weighted by Crippen LogP contribution is 2.45. The van der Waals surface area contributed by atoms with Crippen LogP contribution < -0.4 is 4.90 Å². The summed E-state index contributed by atoms with van der Waals surface area (Å²) in [6, 6.07) is 77.3. The molecule has 0 atom stereocenters. The fourth-order valence-electron chi connectivity index (χ4n) is 8.05. The van der Waals surface area contributed by atoms with Crippen molar-refractivity contribution in [2.75, 3.05) is 4.90 Å². The van der Waals surface area contributed by atoms with E-state index in [1.54, 1.807) is 0 Å². The van der Waals surface area contributed by atoms with Gasteiger partial charge in [-0.3, -0.25) is 0 Å². The van der Waals surface area contributed by atoms with Gasteiger partial charge in [0.1, 0.15) is 0 Å². The van der Waals surface area contributed by atoms with E-state index in [4.69, 9.17) is 0 Å². The van der Waals surface area contributed by atoms with E-state index in [1.165, 1.54) is 76.5 Å². The summed E-state index contributed by atoms with van der Waals surface area (Å²) in [7, 11) is 0. The van der Waals surface area contributed by atoms with Gasteiger partial charge in [-0.15, -0.1) is 0 Å². The topological polar surface area (TPSA) is 3.24 Å². The molecule has 0 aromatic heterocycles. The summed E-state index contributed by atoms with van der Waals surface area (Å²) in [5.41, 5.74) is 10.6. The monoisotopic (exact) mass is 673 g/mol. The molecule has 248 valence electrons. The molecule has 0 saturated heterocycles. The van der Waals surface area contributed by atoms with Crippen LogP contribution in [0.1, 0.15) is 0 Å². The van der Waals surface area contributed by atoms with Crippen LogP contribution >= 0.6 is 0 Å². The molecule has 10 aromatic rings. The standard InChI is InChI=1S/C52H35N/c1-2-13-36(14-3-1)39-25-26-41-34-44(32-29-40(41)33-39)53(43-30-27-38(28-31-43)46-23-12-17-37-15-4-6-18-45(37)46)52-24-11-10-22-50(52)51-35-42-16-5-7-19-47(42)48-20-8-9-21-49(48)51/h1-35H. The molecule has 0 aliphatic rings. The molecule has 0 N–H and O–H groups in total. The third kappa shape index (κ3) is 5.51. The van der Waals surface area contributed by atoms with Crippen LogP contribution in [0.5, 0.6) is 0 Å². The van der Waals surface area contributed by atoms with Gasteiger partial charge < -0.3 is 4.90 Å². The molecule has 0 saturated carbocycles. The van der Waals surface area contributed by atoms with Crippen molar-refractivity contribution in [3.63, 3.8) is 0 Å². The Kier molecular flexibility index (Phi) is 7.55. The molecule has 53 heavy (non-hydrogen) atoms. The highest BCUT2D eigenvalue weighted by Gasteiger charge is 2.20. The molecule has 0 amide bonds. The zero-order valence-corrected chi connectivity index (χ0v) is 29.2. The van der Waals surface area contributed by atoms with Gasteiger partial charge >= 0.3 is 0 Å². The van der Waals surface area contributed by atoms with Crippen molar-refractivity contribution in [1.29, 1.82) is 0 Å². The van der Waals surface area contributed by atoms with Gasteiger partial charge in [0.15, 0.2) is 0 Å². The number of fused-ring (bicyclic) bond motifs is 5. The Morgan fingerprint density at radius 1 is 0.245 bits per heavy atom. The Bertz CT molecular complexity index is 2940. The first-order valence-corrected chi connectivity index (χ1v) is 18.3. The fourth-order valence-corrected chi connectivity index (χ4v) is 8.05. The van der Waals surface area contributed by atoms with Gasteiger partial charge in [0, 0.05) is 16.9 Å². The zero-order chi connectivity index (χ0) is 35.1. The van der Waals surface area contributed by atoms with Crippen LogP contribution in [0.15, 0.2) is 212 Å². The van der Waals surface area contributed by atoms with Crippen LogP contribution in [0.25, 0.3) is 76.5 Å². The van der Waals surface area contributed by atoms with Crippen LogP contribution in [0.3, 0.4) is 0 Å². The van der Waals surface area contributed by atoms with Crippen molar-refractivity contribution in [3.8, 4) is 33.4 Å². The largest absolute Gasteiger partial charge is 0.310 e. The number of anilines is 3. The van der Waals surface area contributed by atoms with E-state index in [9.17, 15) is 0 Å². The molecule has 0 aliphatic carbocycles. The lowest BCUT2D eigenvalue weighted by Crippen LogP contribution is -2.11. The second kappa shape index (κ2) is 13.0. The summed E-state index contributed by atoms with van der Waals surface area (Å²) in [5.74, 6) is 0. The van der Waals surface area contributed by atoms with Gasteiger partial charge in [-0.2, -0.15) is 0 Å². The van der Waals surface area contributed by atoms with Crippen LogP contribution in [-0.4, -0.2) is 0 Å². The highest BCUT2D eigenvalue weighted by molar-refractivity contribution is 6.15. The molecule has 0 heterocycles. The van der Waals surface area contributed by atoms with Crippen molar-refractivity contribution in [2.24, 2.45) is 0 Å². The molecular weight excluding hydrogens is 639 g/mol. The smallest absolute Gasteiger partial charge is 0.0540 e. The van der Waals surface area contributed by atoms with Crippen LogP contribution in [0.2, 0.25) is 0 Å². The first-order valence-electron chi connectivity index (χ1n) is 18.3. The Hall–Kier alpha value is -6.96. The van der Waals surface area contributed by atoms with E-state index in [0.717, 1.165) is 17.1 Å². The summed E-state index contributed by atoms with van der Waals surface area (Å²) >= 11 is 0. The first kappa shape index (κ1) is 30.8. The molecule has 0 spiro atoms. The van der Waals surface area contributed by atoms with Gasteiger partial charge in [-0.25, -0.2) is 0 Å². The quantitative estimate of drug-likeness (QED) is 0.159. The van der Waals surface area contributed by atoms with Gasteiger partial charge in [-0.05, 0) is 113 Å². The zero-order valence-electron chi connectivity index (χ0n) is 29.2. The average molecular weight is 674 g/mol. The molecule has 1 nitrogen and oxygen atoms in total. The second-order valence-corrected chi connectivity index (χ2v) is 13.7. The fraction of sp³-hybridized carbons (Fsp3) is 0. The van der Waals surface area contributed by atoms with Crippen LogP contribution in [-0.2, 0) is 0 Å². The van der Waals surface area contributed by atoms with Crippen molar-refractivity contribution in [3.05, 3.63) is 212 Å². The van der Waals surface area contributed by atoms with Gasteiger partial charge in [0.25, 0.3) is 0 Å². The Balaban J connectivity index is 1.17. The van der Waals surface area contributed by atoms with E-state index >= 15 is 0 Å². The SMILES string of the molecule is c1ccc(-c2ccc3cc(N(c4ccc(-c5cccc6ccccc56)cc4)c4ccccc4-c4cc5ccccc5c5ccccc45)ccc3c2)cc1. The Morgan fingerprint density at radius 2 is 0.830 bits per heavy atom. The third-order valence-corrected chi connectivity index (χ3v) is 10.6. The lowest BCUT2D eigenvalue weighted by atomic mass is 9.92. The van der Waals surface area contributed by atoms with Crippen LogP contribution in [0, 0.1) is 0 Å². The molecular formula is C52H35N. The van der Waals surface area contributed by atoms with Crippen molar-refractivity contribution in [1.82, 2.24) is 0 Å². The molecule has 0 fully saturated rings. The molecule has 10 aromatic carbocycles. The molecule has 10 rings (SSSR count). The molecule has 1 heteroatoms. The van der Waals surface area contributed by atoms with E-state index in [0.29, 0.717) is 0 Å². The van der Waals surface area contributed by atoms with E-state index in [2.05, 4.69) is 217 Å². The minimum absolute atomic E-state index is 1.10. The number of hydrogen-bond acceptors (Lipinski definition) is 1. The van der Waals surface area contributed by atoms with Crippen molar-refractivity contribution in [2.45, 2.75) is 0 Å². The van der Waals surface area contributed by atoms with Gasteiger partial charge in [-0.1, -0.05) is 170 Å². The minimum Gasteiger partial charge on any atom is -0.310 e. The molecule has 0 radical (unpaired) electrons. The van der Waals surface area contributed by atoms with E-state index < -0.39 is 0 Å². The summed E-state index contributed by atoms with van der Waals surface area (Å²) in [6.07, 6.45) is 0. The van der Waals surface area contributed by atoms with Crippen molar-refractivity contribution >= 4 is 60.2 Å². The maximum Gasteiger partial charge on any atom is 0.0540 e. The predicted molar refractivity (Wildman–Crippen MR) is 227 cm³/mol. The predicted octanol–water partition coefficient (Wildman–Crippen LogP) is 14.8. The summed E-state index contributed by atoms with van der Waals surface area (Å²) < 4.78 is 0. The highest BCUT2D eigenvalue weighted by atomic mass is 15.1. The summed E-state index contributed by atoms with van der Waals surface area (Å²) in [5, 5.41) is 9.95. The normalized spacial score (nSPS) is 11.4. The lowest BCUT2D eigenvalue weighted by molar-refractivity contribution is 1.29. The number of benzene rings is 10. The number of rotatable bonds is 6. The average Bonchev–Trinajstić information content (AvgIpc) is 3.24. The summed E-state index contributed by atoms with van der Waals surface area (Å²) in [4.78, 5) is 2.43. The van der Waals surface area contributed by atoms with Crippen molar-refractivity contribution < 1.29 is 0 Å². The van der Waals surface area contributed by atoms with E-state index in [1.807, 2.05) is 0 Å². The third-order valence-electron chi connectivity index (χ3n) is 10.6. The number of para-hydroxylation sites is 1. The van der Waals surface area contributed by atoms with Gasteiger partial charge in [0.05, 0.1) is 5.69 Å². The first-order chi connectivity index (χ1) is 26.3. The van der Waals surface area contributed by atoms with Crippen LogP contribution in [0.4, 0.5) is 17.1 Å². The summed E-state index contributed by atoms with van der Waals surface area (Å²) in [6.45, 7) is 0. The molecule has 0 unspecified atom stereocenters. The van der Waals surface area contributed by atoms with E-state index in [-0.39, 0.29) is 0 Å². The molecule has 0 bridgehead atoms. The number of nitrogens with zero attached hydrogens (tertiary/aromatic N) is 1. The minimum atomic E-state index is 1.10. The number of hydrogen-bond donors (Lipinski definition) is 0.